The van der Waals surface area contributed by atoms with Crippen LogP contribution in [-0.2, 0) is 19.6 Å². The van der Waals surface area contributed by atoms with Crippen LogP contribution in [0.1, 0.15) is 0 Å². The first-order valence-electron chi connectivity index (χ1n) is 11.3. The van der Waals surface area contributed by atoms with Crippen molar-refractivity contribution in [2.45, 2.75) is 4.90 Å². The molecule has 4 rings (SSSR count). The zero-order valence-corrected chi connectivity index (χ0v) is 23.2. The standard InChI is InChI=1S/C26H23Cl3N4O4S/c1-37-14-13-32(38(35,36)23-11-9-20(28)10-12-23)17-25(34)31-26-30-24(18-5-7-19(27)8-6-18)16-33(26)22-4-2-3-21(29)15-22/h2-12,15-16H,13-14,17H2,1H3,(H,30,31,34). The summed E-state index contributed by atoms with van der Waals surface area (Å²) in [6.07, 6.45) is 1.75. The Morgan fingerprint density at radius 2 is 1.63 bits per heavy atom. The lowest BCUT2D eigenvalue weighted by molar-refractivity contribution is -0.116. The maximum atomic E-state index is 13.3. The van der Waals surface area contributed by atoms with Gasteiger partial charge in [-0.2, -0.15) is 4.31 Å². The molecule has 0 saturated carbocycles. The highest BCUT2D eigenvalue weighted by Crippen LogP contribution is 2.27. The van der Waals surface area contributed by atoms with Gasteiger partial charge in [0.1, 0.15) is 0 Å². The molecule has 0 atom stereocenters. The van der Waals surface area contributed by atoms with E-state index in [4.69, 9.17) is 39.5 Å². The summed E-state index contributed by atoms with van der Waals surface area (Å²) < 4.78 is 34.3. The Hall–Kier alpha value is -2.92. The van der Waals surface area contributed by atoms with Gasteiger partial charge in [0.25, 0.3) is 0 Å². The van der Waals surface area contributed by atoms with Gasteiger partial charge in [-0.3, -0.25) is 14.7 Å². The molecular weight excluding hydrogens is 571 g/mol. The van der Waals surface area contributed by atoms with Gasteiger partial charge in [0.2, 0.25) is 21.9 Å². The van der Waals surface area contributed by atoms with Crippen molar-refractivity contribution >= 4 is 56.7 Å². The summed E-state index contributed by atoms with van der Waals surface area (Å²) in [7, 11) is -2.56. The molecule has 1 amide bonds. The van der Waals surface area contributed by atoms with E-state index in [9.17, 15) is 13.2 Å². The third kappa shape index (κ3) is 6.74. The van der Waals surface area contributed by atoms with E-state index in [0.29, 0.717) is 26.4 Å². The number of anilines is 1. The van der Waals surface area contributed by atoms with E-state index in [1.54, 1.807) is 41.1 Å². The van der Waals surface area contributed by atoms with E-state index in [1.165, 1.54) is 31.4 Å². The number of nitrogens with zero attached hydrogens (tertiary/aromatic N) is 3. The van der Waals surface area contributed by atoms with Crippen LogP contribution in [0.5, 0.6) is 0 Å². The monoisotopic (exact) mass is 592 g/mol. The molecule has 0 aliphatic carbocycles. The van der Waals surface area contributed by atoms with Gasteiger partial charge in [-0.05, 0) is 54.6 Å². The normalized spacial score (nSPS) is 11.6. The van der Waals surface area contributed by atoms with Crippen molar-refractivity contribution in [3.8, 4) is 16.9 Å². The lowest BCUT2D eigenvalue weighted by atomic mass is 10.2. The number of sulfonamides is 1. The Kier molecular flexibility index (Phi) is 9.09. The highest BCUT2D eigenvalue weighted by atomic mass is 35.5. The van der Waals surface area contributed by atoms with Crippen LogP contribution in [0.3, 0.4) is 0 Å². The van der Waals surface area contributed by atoms with Gasteiger partial charge in [-0.1, -0.05) is 53.0 Å². The van der Waals surface area contributed by atoms with Gasteiger partial charge in [-0.15, -0.1) is 0 Å². The molecule has 0 spiro atoms. The molecule has 0 unspecified atom stereocenters. The lowest BCUT2D eigenvalue weighted by Crippen LogP contribution is -2.40. The molecular formula is C26H23Cl3N4O4S. The fraction of sp³-hybridized carbons (Fsp3) is 0.154. The summed E-state index contributed by atoms with van der Waals surface area (Å²) in [5, 5.41) is 4.22. The third-order valence-electron chi connectivity index (χ3n) is 5.50. The molecule has 1 N–H and O–H groups in total. The molecule has 38 heavy (non-hydrogen) atoms. The van der Waals surface area contributed by atoms with E-state index in [1.807, 2.05) is 18.2 Å². The number of halogens is 3. The molecule has 8 nitrogen and oxygen atoms in total. The maximum absolute atomic E-state index is 13.3. The molecule has 1 heterocycles. The zero-order chi connectivity index (χ0) is 27.3. The molecule has 0 saturated heterocycles. The minimum Gasteiger partial charge on any atom is -0.383 e. The van der Waals surface area contributed by atoms with E-state index in [0.717, 1.165) is 9.87 Å². The Bertz CT molecular complexity index is 1530. The predicted octanol–water partition coefficient (Wildman–Crippen LogP) is 5.78. The fourth-order valence-corrected chi connectivity index (χ4v) is 5.43. The van der Waals surface area contributed by atoms with E-state index < -0.39 is 22.5 Å². The molecule has 0 radical (unpaired) electrons. The van der Waals surface area contributed by atoms with Crippen LogP contribution >= 0.6 is 34.8 Å². The molecule has 0 bridgehead atoms. The van der Waals surface area contributed by atoms with Crippen molar-refractivity contribution in [2.75, 3.05) is 32.1 Å². The molecule has 0 aliphatic heterocycles. The van der Waals surface area contributed by atoms with Crippen LogP contribution in [0, 0.1) is 0 Å². The number of ether oxygens (including phenoxy) is 1. The minimum atomic E-state index is -4.01. The van der Waals surface area contributed by atoms with Crippen LogP contribution in [0.25, 0.3) is 16.9 Å². The van der Waals surface area contributed by atoms with Gasteiger partial charge in [0.05, 0.1) is 23.7 Å². The van der Waals surface area contributed by atoms with Crippen molar-refractivity contribution in [1.82, 2.24) is 13.9 Å². The number of hydrogen-bond donors (Lipinski definition) is 1. The van der Waals surface area contributed by atoms with Crippen molar-refractivity contribution in [3.63, 3.8) is 0 Å². The number of amides is 1. The number of methoxy groups -OCH3 is 1. The first kappa shape index (κ1) is 28.1. The lowest BCUT2D eigenvalue weighted by Gasteiger charge is -2.21. The van der Waals surface area contributed by atoms with Crippen molar-refractivity contribution in [2.24, 2.45) is 0 Å². The second-order valence-electron chi connectivity index (χ2n) is 8.14. The van der Waals surface area contributed by atoms with Gasteiger partial charge in [0.15, 0.2) is 0 Å². The molecule has 3 aromatic carbocycles. The van der Waals surface area contributed by atoms with Crippen LogP contribution in [-0.4, -0.2) is 55.0 Å². The highest BCUT2D eigenvalue weighted by Gasteiger charge is 2.27. The topological polar surface area (TPSA) is 93.5 Å². The second-order valence-corrected chi connectivity index (χ2v) is 11.4. The summed E-state index contributed by atoms with van der Waals surface area (Å²) in [5.74, 6) is -0.395. The smallest absolute Gasteiger partial charge is 0.243 e. The summed E-state index contributed by atoms with van der Waals surface area (Å²) in [4.78, 5) is 17.8. The number of nitrogens with one attached hydrogen (secondary N) is 1. The summed E-state index contributed by atoms with van der Waals surface area (Å²) in [6, 6.07) is 19.9. The Balaban J connectivity index is 1.64. The number of rotatable bonds is 10. The Morgan fingerprint density at radius 1 is 0.974 bits per heavy atom. The van der Waals surface area contributed by atoms with Crippen molar-refractivity contribution in [1.29, 1.82) is 0 Å². The molecule has 0 fully saturated rings. The van der Waals surface area contributed by atoms with Gasteiger partial charge >= 0.3 is 0 Å². The summed E-state index contributed by atoms with van der Waals surface area (Å²) in [6.45, 7) is -0.404. The fourth-order valence-electron chi connectivity index (χ4n) is 3.61. The number of carbonyl (C=O) groups excluding carboxylic acids is 1. The van der Waals surface area contributed by atoms with Gasteiger partial charge in [0, 0.05) is 46.2 Å². The van der Waals surface area contributed by atoms with Crippen molar-refractivity contribution < 1.29 is 17.9 Å². The summed E-state index contributed by atoms with van der Waals surface area (Å²) >= 11 is 18.1. The first-order chi connectivity index (χ1) is 18.2. The van der Waals surface area contributed by atoms with Crippen molar-refractivity contribution in [3.05, 3.63) is 94.1 Å². The third-order valence-corrected chi connectivity index (χ3v) is 8.10. The molecule has 0 aliphatic rings. The van der Waals surface area contributed by atoms with Crippen LogP contribution in [0.2, 0.25) is 15.1 Å². The SMILES string of the molecule is COCCN(CC(=O)Nc1nc(-c2ccc(Cl)cc2)cn1-c1cccc(Cl)c1)S(=O)(=O)c1ccc(Cl)cc1. The van der Waals surface area contributed by atoms with Crippen LogP contribution < -0.4 is 5.32 Å². The highest BCUT2D eigenvalue weighted by molar-refractivity contribution is 7.89. The van der Waals surface area contributed by atoms with Crippen LogP contribution in [0.15, 0.2) is 83.9 Å². The molecule has 1 aromatic heterocycles. The Morgan fingerprint density at radius 3 is 2.26 bits per heavy atom. The average Bonchev–Trinajstić information content (AvgIpc) is 3.30. The maximum Gasteiger partial charge on any atom is 0.243 e. The predicted molar refractivity (Wildman–Crippen MR) is 150 cm³/mol. The number of hydrogen-bond acceptors (Lipinski definition) is 5. The van der Waals surface area contributed by atoms with Gasteiger partial charge < -0.3 is 4.74 Å². The second kappa shape index (κ2) is 12.3. The largest absolute Gasteiger partial charge is 0.383 e. The number of benzene rings is 3. The van der Waals surface area contributed by atoms with E-state index >= 15 is 0 Å². The van der Waals surface area contributed by atoms with E-state index in [2.05, 4.69) is 10.3 Å². The zero-order valence-electron chi connectivity index (χ0n) is 20.1. The molecule has 198 valence electrons. The Labute approximate surface area is 235 Å². The minimum absolute atomic E-state index is 0.0104. The van der Waals surface area contributed by atoms with Gasteiger partial charge in [-0.25, -0.2) is 13.4 Å². The number of carbonyl (C=O) groups is 1. The summed E-state index contributed by atoms with van der Waals surface area (Å²) in [5.41, 5.74) is 2.00. The van der Waals surface area contributed by atoms with Crippen LogP contribution in [0.4, 0.5) is 5.95 Å². The molecule has 12 heteroatoms. The quantitative estimate of drug-likeness (QED) is 0.252. The first-order valence-corrected chi connectivity index (χ1v) is 13.9. The number of imidazole rings is 1. The average molecular weight is 594 g/mol. The van der Waals surface area contributed by atoms with E-state index in [-0.39, 0.29) is 24.0 Å². The molecule has 4 aromatic rings. The number of aromatic nitrogens is 2.